The monoisotopic (exact) mass is 442 g/mol. The first-order valence-corrected chi connectivity index (χ1v) is 11.7. The van der Waals surface area contributed by atoms with Crippen LogP contribution in [0.5, 0.6) is 0 Å². The van der Waals surface area contributed by atoms with Crippen molar-refractivity contribution in [2.24, 2.45) is 5.92 Å². The van der Waals surface area contributed by atoms with Crippen LogP contribution in [0.4, 0.5) is 5.00 Å². The van der Waals surface area contributed by atoms with E-state index in [4.69, 9.17) is 4.74 Å². The van der Waals surface area contributed by atoms with Gasteiger partial charge in [0.05, 0.1) is 24.9 Å². The summed E-state index contributed by atoms with van der Waals surface area (Å²) in [6, 6.07) is 5.98. The van der Waals surface area contributed by atoms with Crippen molar-refractivity contribution >= 4 is 28.2 Å². The highest BCUT2D eigenvalue weighted by Gasteiger charge is 2.29. The van der Waals surface area contributed by atoms with Crippen LogP contribution >= 0.6 is 11.3 Å². The topological polar surface area (TPSA) is 74.8 Å². The third-order valence-corrected chi connectivity index (χ3v) is 7.27. The number of carbonyl (C=O) groups is 2. The molecule has 1 N–H and O–H groups in total. The second-order valence-electron chi connectivity index (χ2n) is 8.47. The third kappa shape index (κ3) is 5.31. The maximum Gasteiger partial charge on any atom is 0.341 e. The van der Waals surface area contributed by atoms with E-state index in [-0.39, 0.29) is 11.9 Å². The summed E-state index contributed by atoms with van der Waals surface area (Å²) in [4.78, 5) is 35.3. The average Bonchev–Trinajstić information content (AvgIpc) is 3.11. The van der Waals surface area contributed by atoms with Gasteiger partial charge in [-0.1, -0.05) is 13.0 Å². The van der Waals surface area contributed by atoms with Gasteiger partial charge in [-0.05, 0) is 42.9 Å². The highest BCUT2D eigenvalue weighted by molar-refractivity contribution is 7.17. The van der Waals surface area contributed by atoms with Crippen LogP contribution < -0.4 is 5.32 Å². The number of carbonyl (C=O) groups excluding carboxylic acids is 2. The van der Waals surface area contributed by atoms with Crippen molar-refractivity contribution in [2.45, 2.75) is 32.7 Å². The number of rotatable bonds is 6. The number of amides is 1. The summed E-state index contributed by atoms with van der Waals surface area (Å²) in [5.74, 6) is 0.169. The molecule has 166 valence electrons. The van der Waals surface area contributed by atoms with Gasteiger partial charge in [0.15, 0.2) is 0 Å². The van der Waals surface area contributed by atoms with E-state index < -0.39 is 0 Å². The number of thiophene rings is 1. The van der Waals surface area contributed by atoms with Crippen molar-refractivity contribution in [2.75, 3.05) is 45.2 Å². The number of anilines is 1. The molecule has 0 spiro atoms. The van der Waals surface area contributed by atoms with E-state index >= 15 is 0 Å². The molecule has 4 rings (SSSR count). The van der Waals surface area contributed by atoms with Gasteiger partial charge in [-0.3, -0.25) is 19.6 Å². The molecule has 1 aliphatic heterocycles. The summed E-state index contributed by atoms with van der Waals surface area (Å²) in [5.41, 5.74) is 2.69. The maximum absolute atomic E-state index is 12.8. The van der Waals surface area contributed by atoms with E-state index in [9.17, 15) is 9.59 Å². The second kappa shape index (κ2) is 9.89. The fourth-order valence-electron chi connectivity index (χ4n) is 4.35. The number of hydrogen-bond acceptors (Lipinski definition) is 7. The van der Waals surface area contributed by atoms with Crippen molar-refractivity contribution in [3.05, 3.63) is 46.1 Å². The molecule has 2 aliphatic rings. The van der Waals surface area contributed by atoms with Crippen molar-refractivity contribution < 1.29 is 14.3 Å². The van der Waals surface area contributed by atoms with Crippen molar-refractivity contribution in [3.63, 3.8) is 0 Å². The Balaban J connectivity index is 1.34. The Hall–Kier alpha value is -2.29. The highest BCUT2D eigenvalue weighted by atomic mass is 32.1. The summed E-state index contributed by atoms with van der Waals surface area (Å²) < 4.78 is 5.02. The Morgan fingerprint density at radius 3 is 2.71 bits per heavy atom. The second-order valence-corrected chi connectivity index (χ2v) is 9.57. The van der Waals surface area contributed by atoms with Crippen LogP contribution in [-0.4, -0.2) is 66.5 Å². The van der Waals surface area contributed by atoms with E-state index in [0.717, 1.165) is 63.2 Å². The van der Waals surface area contributed by atoms with Gasteiger partial charge in [-0.2, -0.15) is 0 Å². The predicted octanol–water partition coefficient (Wildman–Crippen LogP) is 2.81. The molecule has 1 saturated heterocycles. The molecule has 8 heteroatoms. The van der Waals surface area contributed by atoms with Gasteiger partial charge in [-0.25, -0.2) is 4.79 Å². The Bertz CT molecular complexity index is 922. The minimum absolute atomic E-state index is 0.0741. The van der Waals surface area contributed by atoms with Gasteiger partial charge in [0.25, 0.3) is 0 Å². The van der Waals surface area contributed by atoms with Crippen LogP contribution in [0.15, 0.2) is 24.4 Å². The lowest BCUT2D eigenvalue weighted by molar-refractivity contribution is -0.117. The Kier molecular flexibility index (Phi) is 6.99. The first kappa shape index (κ1) is 21.9. The number of pyridine rings is 1. The van der Waals surface area contributed by atoms with Crippen molar-refractivity contribution in [1.29, 1.82) is 0 Å². The van der Waals surface area contributed by atoms with Crippen molar-refractivity contribution in [3.8, 4) is 0 Å². The maximum atomic E-state index is 12.8. The largest absolute Gasteiger partial charge is 0.465 e. The van der Waals surface area contributed by atoms with E-state index in [1.165, 1.54) is 23.3 Å². The number of nitrogens with one attached hydrogen (secondary N) is 1. The fraction of sp³-hybridized carbons (Fsp3) is 0.522. The summed E-state index contributed by atoms with van der Waals surface area (Å²) in [6.07, 6.45) is 4.70. The minimum atomic E-state index is -0.356. The summed E-state index contributed by atoms with van der Waals surface area (Å²) >= 11 is 1.53. The zero-order chi connectivity index (χ0) is 21.8. The molecule has 2 aromatic heterocycles. The molecule has 31 heavy (non-hydrogen) atoms. The Morgan fingerprint density at radius 1 is 1.23 bits per heavy atom. The first-order valence-electron chi connectivity index (χ1n) is 10.9. The quantitative estimate of drug-likeness (QED) is 0.694. The lowest BCUT2D eigenvalue weighted by atomic mass is 9.88. The van der Waals surface area contributed by atoms with Gasteiger partial charge in [0.1, 0.15) is 5.00 Å². The molecule has 3 heterocycles. The number of hydrogen-bond donors (Lipinski definition) is 1. The van der Waals surface area contributed by atoms with Gasteiger partial charge in [0.2, 0.25) is 5.91 Å². The van der Waals surface area contributed by atoms with E-state index in [1.807, 2.05) is 24.4 Å². The van der Waals surface area contributed by atoms with Gasteiger partial charge < -0.3 is 10.1 Å². The molecular weight excluding hydrogens is 412 g/mol. The van der Waals surface area contributed by atoms with Gasteiger partial charge in [0, 0.05) is 43.8 Å². The molecule has 0 radical (unpaired) electrons. The molecule has 0 bridgehead atoms. The van der Waals surface area contributed by atoms with Gasteiger partial charge in [-0.15, -0.1) is 11.3 Å². The molecule has 1 amide bonds. The normalized spacial score (nSPS) is 19.6. The Labute approximate surface area is 187 Å². The van der Waals surface area contributed by atoms with Crippen molar-refractivity contribution in [1.82, 2.24) is 14.8 Å². The lowest BCUT2D eigenvalue weighted by Crippen LogP contribution is -2.48. The number of ether oxygens (including phenoxy) is 1. The molecule has 0 saturated carbocycles. The number of esters is 1. The highest BCUT2D eigenvalue weighted by Crippen LogP contribution is 2.40. The molecular formula is C23H30N4O3S. The van der Waals surface area contributed by atoms with E-state index in [1.54, 1.807) is 0 Å². The lowest BCUT2D eigenvalue weighted by Gasteiger charge is -2.34. The van der Waals surface area contributed by atoms with Crippen LogP contribution in [0, 0.1) is 5.92 Å². The number of fused-ring (bicyclic) bond motifs is 1. The summed E-state index contributed by atoms with van der Waals surface area (Å²) in [5, 5.41) is 3.65. The zero-order valence-corrected chi connectivity index (χ0v) is 19.0. The third-order valence-electron chi connectivity index (χ3n) is 6.10. The molecule has 0 aromatic carbocycles. The fourth-order valence-corrected chi connectivity index (χ4v) is 5.77. The van der Waals surface area contributed by atoms with E-state index in [0.29, 0.717) is 23.0 Å². The number of nitrogens with zero attached hydrogens (tertiary/aromatic N) is 3. The van der Waals surface area contributed by atoms with Crippen LogP contribution in [0.3, 0.4) is 0 Å². The van der Waals surface area contributed by atoms with Crippen LogP contribution in [0.1, 0.15) is 39.8 Å². The van der Waals surface area contributed by atoms with Crippen LogP contribution in [0.25, 0.3) is 0 Å². The SMILES string of the molecule is COC(=O)c1c(NC(=O)CN2CCN(Cc3ccccn3)CC2)sc2c1CCC(C)C2. The van der Waals surface area contributed by atoms with Gasteiger partial charge >= 0.3 is 5.97 Å². The number of methoxy groups -OCH3 is 1. The molecule has 1 atom stereocenters. The molecule has 2 aromatic rings. The van der Waals surface area contributed by atoms with E-state index in [2.05, 4.69) is 27.0 Å². The molecule has 7 nitrogen and oxygen atoms in total. The number of aromatic nitrogens is 1. The molecule has 1 fully saturated rings. The first-order chi connectivity index (χ1) is 15.0. The molecule has 1 unspecified atom stereocenters. The standard InChI is InChI=1S/C23H30N4O3S/c1-16-6-7-18-19(13-16)31-22(21(18)23(29)30-2)25-20(28)15-27-11-9-26(10-12-27)14-17-5-3-4-8-24-17/h3-5,8,16H,6-7,9-15H2,1-2H3,(H,25,28). The van der Waals surface area contributed by atoms with Crippen LogP contribution in [0.2, 0.25) is 0 Å². The molecule has 1 aliphatic carbocycles. The summed E-state index contributed by atoms with van der Waals surface area (Å²) in [7, 11) is 1.40. The zero-order valence-electron chi connectivity index (χ0n) is 18.2. The number of piperazine rings is 1. The minimum Gasteiger partial charge on any atom is -0.465 e. The average molecular weight is 443 g/mol. The predicted molar refractivity (Wildman–Crippen MR) is 121 cm³/mol. The smallest absolute Gasteiger partial charge is 0.341 e. The van der Waals surface area contributed by atoms with Crippen LogP contribution in [-0.2, 0) is 28.9 Å². The Morgan fingerprint density at radius 2 is 2.00 bits per heavy atom. The summed E-state index contributed by atoms with van der Waals surface area (Å²) in [6.45, 7) is 6.88.